The molecule has 0 bridgehead atoms. The monoisotopic (exact) mass is 239 g/mol. The summed E-state index contributed by atoms with van der Waals surface area (Å²) in [5.41, 5.74) is 1.12. The van der Waals surface area contributed by atoms with Crippen molar-refractivity contribution in [1.29, 1.82) is 0 Å². The highest BCUT2D eigenvalue weighted by Gasteiger charge is 2.35. The van der Waals surface area contributed by atoms with Crippen LogP contribution < -0.4 is 10.2 Å². The molecule has 1 aromatic heterocycles. The van der Waals surface area contributed by atoms with E-state index in [-0.39, 0.29) is 0 Å². The largest absolute Gasteiger partial charge is 0.340 e. The van der Waals surface area contributed by atoms with Gasteiger partial charge in [0.05, 0.1) is 5.69 Å². The van der Waals surface area contributed by atoms with Crippen LogP contribution in [0, 0.1) is 6.92 Å². The molecule has 1 fully saturated rings. The van der Waals surface area contributed by atoms with Crippen LogP contribution in [0.4, 0.5) is 5.13 Å². The fourth-order valence-corrected chi connectivity index (χ4v) is 3.33. The van der Waals surface area contributed by atoms with Crippen LogP contribution >= 0.6 is 11.3 Å². The van der Waals surface area contributed by atoms with Crippen LogP contribution in [0.25, 0.3) is 0 Å². The van der Waals surface area contributed by atoms with Gasteiger partial charge < -0.3 is 10.2 Å². The molecule has 1 aliphatic rings. The molecule has 1 aromatic rings. The summed E-state index contributed by atoms with van der Waals surface area (Å²) in [4.78, 5) is 7.08. The zero-order chi connectivity index (χ0) is 11.9. The highest BCUT2D eigenvalue weighted by Crippen LogP contribution is 2.29. The van der Waals surface area contributed by atoms with E-state index in [9.17, 15) is 0 Å². The SMILES string of the molecule is Cc1csc(N2C(C)C(C)NC(C)C2C)n1. The maximum Gasteiger partial charge on any atom is 0.186 e. The van der Waals surface area contributed by atoms with Gasteiger partial charge in [-0.15, -0.1) is 11.3 Å². The van der Waals surface area contributed by atoms with Gasteiger partial charge in [0.15, 0.2) is 5.13 Å². The lowest BCUT2D eigenvalue weighted by atomic mass is 9.98. The summed E-state index contributed by atoms with van der Waals surface area (Å²) >= 11 is 1.75. The number of hydrogen-bond donors (Lipinski definition) is 1. The van der Waals surface area contributed by atoms with Crippen molar-refractivity contribution >= 4 is 16.5 Å². The molecule has 0 amide bonds. The van der Waals surface area contributed by atoms with Crippen molar-refractivity contribution in [3.05, 3.63) is 11.1 Å². The minimum atomic E-state index is 0.497. The summed E-state index contributed by atoms with van der Waals surface area (Å²) in [5, 5.41) is 6.92. The predicted molar refractivity (Wildman–Crippen MR) is 70.3 cm³/mol. The average Bonchev–Trinajstić information content (AvgIpc) is 2.62. The van der Waals surface area contributed by atoms with Crippen molar-refractivity contribution in [1.82, 2.24) is 10.3 Å². The van der Waals surface area contributed by atoms with Gasteiger partial charge in [-0.05, 0) is 34.6 Å². The Morgan fingerprint density at radius 3 is 2.19 bits per heavy atom. The predicted octanol–water partition coefficient (Wildman–Crippen LogP) is 2.42. The van der Waals surface area contributed by atoms with E-state index in [2.05, 4.69) is 55.2 Å². The first-order valence-corrected chi connectivity index (χ1v) is 6.85. The minimum absolute atomic E-state index is 0.497. The van der Waals surface area contributed by atoms with Gasteiger partial charge in [0.1, 0.15) is 0 Å². The molecular formula is C12H21N3S. The second-order valence-corrected chi connectivity index (χ2v) is 5.74. The van der Waals surface area contributed by atoms with E-state index in [0.717, 1.165) is 10.8 Å². The molecule has 2 heterocycles. The highest BCUT2D eigenvalue weighted by atomic mass is 32.1. The average molecular weight is 239 g/mol. The van der Waals surface area contributed by atoms with Gasteiger partial charge in [-0.3, -0.25) is 0 Å². The lowest BCUT2D eigenvalue weighted by molar-refractivity contribution is 0.294. The molecule has 4 unspecified atom stereocenters. The molecule has 4 atom stereocenters. The van der Waals surface area contributed by atoms with Gasteiger partial charge in [-0.2, -0.15) is 0 Å². The van der Waals surface area contributed by atoms with Crippen LogP contribution in [0.2, 0.25) is 0 Å². The molecule has 0 spiro atoms. The third-order valence-electron chi connectivity index (χ3n) is 3.68. The van der Waals surface area contributed by atoms with E-state index in [4.69, 9.17) is 0 Å². The Morgan fingerprint density at radius 2 is 1.75 bits per heavy atom. The quantitative estimate of drug-likeness (QED) is 0.816. The Labute approximate surface area is 102 Å². The summed E-state index contributed by atoms with van der Waals surface area (Å²) in [5.74, 6) is 0. The fraction of sp³-hybridized carbons (Fsp3) is 0.750. The Balaban J connectivity index is 2.29. The van der Waals surface area contributed by atoms with Gasteiger partial charge in [0.2, 0.25) is 0 Å². The first-order chi connectivity index (χ1) is 7.50. The molecular weight excluding hydrogens is 218 g/mol. The molecule has 0 radical (unpaired) electrons. The van der Waals surface area contributed by atoms with Crippen LogP contribution in [0.1, 0.15) is 33.4 Å². The van der Waals surface area contributed by atoms with Crippen molar-refractivity contribution in [3.8, 4) is 0 Å². The molecule has 4 heteroatoms. The Kier molecular flexibility index (Phi) is 3.22. The van der Waals surface area contributed by atoms with Crippen LogP contribution in [-0.2, 0) is 0 Å². The summed E-state index contributed by atoms with van der Waals surface area (Å²) in [7, 11) is 0. The summed E-state index contributed by atoms with van der Waals surface area (Å²) in [6.45, 7) is 11.1. The molecule has 0 aliphatic carbocycles. The molecule has 16 heavy (non-hydrogen) atoms. The van der Waals surface area contributed by atoms with Crippen molar-refractivity contribution in [2.45, 2.75) is 58.8 Å². The molecule has 1 aliphatic heterocycles. The Morgan fingerprint density at radius 1 is 1.19 bits per heavy atom. The van der Waals surface area contributed by atoms with E-state index < -0.39 is 0 Å². The van der Waals surface area contributed by atoms with Gasteiger partial charge in [-0.1, -0.05) is 0 Å². The number of thiazole rings is 1. The fourth-order valence-electron chi connectivity index (χ4n) is 2.35. The normalized spacial score (nSPS) is 35.4. The summed E-state index contributed by atoms with van der Waals surface area (Å²) in [6.07, 6.45) is 0. The molecule has 3 nitrogen and oxygen atoms in total. The Hall–Kier alpha value is -0.610. The number of nitrogens with zero attached hydrogens (tertiary/aromatic N) is 2. The second-order valence-electron chi connectivity index (χ2n) is 4.90. The van der Waals surface area contributed by atoms with E-state index in [0.29, 0.717) is 24.2 Å². The molecule has 90 valence electrons. The van der Waals surface area contributed by atoms with Crippen LogP contribution in [-0.4, -0.2) is 29.2 Å². The smallest absolute Gasteiger partial charge is 0.186 e. The Bertz CT molecular complexity index is 349. The standard InChI is InChI=1S/C12H21N3S/c1-7-6-16-12(13-7)15-10(4)8(2)14-9(3)11(15)5/h6,8-11,14H,1-5H3. The van der Waals surface area contributed by atoms with E-state index in [1.54, 1.807) is 11.3 Å². The molecule has 1 saturated heterocycles. The molecule has 1 N–H and O–H groups in total. The van der Waals surface area contributed by atoms with Crippen LogP contribution in [0.15, 0.2) is 5.38 Å². The number of anilines is 1. The van der Waals surface area contributed by atoms with E-state index in [1.165, 1.54) is 0 Å². The lowest BCUT2D eigenvalue weighted by Crippen LogP contribution is -2.64. The number of piperazine rings is 1. The van der Waals surface area contributed by atoms with Crippen LogP contribution in [0.5, 0.6) is 0 Å². The van der Waals surface area contributed by atoms with Crippen molar-refractivity contribution in [2.75, 3.05) is 4.90 Å². The first-order valence-electron chi connectivity index (χ1n) is 5.97. The van der Waals surface area contributed by atoms with Gasteiger partial charge in [0.25, 0.3) is 0 Å². The summed E-state index contributed by atoms with van der Waals surface area (Å²) < 4.78 is 0. The lowest BCUT2D eigenvalue weighted by Gasteiger charge is -2.46. The highest BCUT2D eigenvalue weighted by molar-refractivity contribution is 7.13. The molecule has 2 rings (SSSR count). The van der Waals surface area contributed by atoms with Gasteiger partial charge in [0, 0.05) is 29.5 Å². The van der Waals surface area contributed by atoms with Crippen molar-refractivity contribution in [2.24, 2.45) is 0 Å². The van der Waals surface area contributed by atoms with Crippen molar-refractivity contribution in [3.63, 3.8) is 0 Å². The number of nitrogens with one attached hydrogen (secondary N) is 1. The zero-order valence-corrected chi connectivity index (χ0v) is 11.5. The third kappa shape index (κ3) is 1.96. The maximum absolute atomic E-state index is 4.62. The zero-order valence-electron chi connectivity index (χ0n) is 10.7. The molecule has 0 aromatic carbocycles. The number of aryl methyl sites for hydroxylation is 1. The number of hydrogen-bond acceptors (Lipinski definition) is 4. The maximum atomic E-state index is 4.62. The first kappa shape index (κ1) is 11.9. The van der Waals surface area contributed by atoms with Crippen molar-refractivity contribution < 1.29 is 0 Å². The van der Waals surface area contributed by atoms with Gasteiger partial charge in [-0.25, -0.2) is 4.98 Å². The topological polar surface area (TPSA) is 28.2 Å². The van der Waals surface area contributed by atoms with E-state index >= 15 is 0 Å². The minimum Gasteiger partial charge on any atom is -0.340 e. The number of aromatic nitrogens is 1. The second kappa shape index (κ2) is 4.34. The van der Waals surface area contributed by atoms with Crippen LogP contribution in [0.3, 0.4) is 0 Å². The van der Waals surface area contributed by atoms with Gasteiger partial charge >= 0.3 is 0 Å². The summed E-state index contributed by atoms with van der Waals surface area (Å²) in [6, 6.07) is 2.01. The third-order valence-corrected chi connectivity index (χ3v) is 4.65. The number of rotatable bonds is 1. The van der Waals surface area contributed by atoms with E-state index in [1.807, 2.05) is 0 Å². The molecule has 0 saturated carbocycles.